The Morgan fingerprint density at radius 3 is 2.45 bits per heavy atom. The molecule has 0 spiro atoms. The van der Waals surface area contributed by atoms with Gasteiger partial charge in [-0.2, -0.15) is 0 Å². The zero-order chi connectivity index (χ0) is 23.0. The fourth-order valence-corrected chi connectivity index (χ4v) is 5.03. The first-order chi connectivity index (χ1) is 16.2. The van der Waals surface area contributed by atoms with Gasteiger partial charge in [0.25, 0.3) is 11.8 Å². The van der Waals surface area contributed by atoms with Crippen molar-refractivity contribution in [3.8, 4) is 11.1 Å². The van der Waals surface area contributed by atoms with Gasteiger partial charge in [0, 0.05) is 17.9 Å². The minimum Gasteiger partial charge on any atom is -0.317 e. The Bertz CT molecular complexity index is 1090. The number of amides is 2. The average molecular weight is 461 g/mol. The van der Waals surface area contributed by atoms with Crippen LogP contribution in [0, 0.1) is 0 Å². The van der Waals surface area contributed by atoms with Crippen LogP contribution >= 0.6 is 11.8 Å². The van der Waals surface area contributed by atoms with Gasteiger partial charge in [0.15, 0.2) is 5.37 Å². The molecule has 0 radical (unpaired) electrons. The minimum absolute atomic E-state index is 0.142. The monoisotopic (exact) mass is 460 g/mol. The number of carbonyl (C=O) groups excluding carboxylic acids is 2. The van der Waals surface area contributed by atoms with E-state index in [1.807, 2.05) is 54.6 Å². The third-order valence-corrected chi connectivity index (χ3v) is 6.79. The molecule has 1 heterocycles. The summed E-state index contributed by atoms with van der Waals surface area (Å²) >= 11 is 1.45. The average Bonchev–Trinajstić information content (AvgIpc) is 3.35. The molecule has 2 amide bonds. The van der Waals surface area contributed by atoms with Crippen LogP contribution in [0.2, 0.25) is 0 Å². The molecule has 170 valence electrons. The van der Waals surface area contributed by atoms with Gasteiger partial charge in [-0.15, -0.1) is 11.8 Å². The van der Waals surface area contributed by atoms with Gasteiger partial charge in [0.05, 0.1) is 6.61 Å². The van der Waals surface area contributed by atoms with E-state index in [0.717, 1.165) is 29.5 Å². The molecule has 3 aromatic carbocycles. The van der Waals surface area contributed by atoms with E-state index < -0.39 is 5.37 Å². The maximum Gasteiger partial charge on any atom is 0.276 e. The molecule has 3 aromatic rings. The second kappa shape index (κ2) is 11.2. The number of hydrogen-bond acceptors (Lipinski definition) is 4. The summed E-state index contributed by atoms with van der Waals surface area (Å²) in [5.41, 5.74) is 7.25. The number of benzene rings is 3. The van der Waals surface area contributed by atoms with Crippen molar-refractivity contribution >= 4 is 23.6 Å². The number of rotatable bonds is 8. The summed E-state index contributed by atoms with van der Waals surface area (Å²) in [6.07, 6.45) is 2.13. The summed E-state index contributed by atoms with van der Waals surface area (Å²) in [7, 11) is 0. The highest BCUT2D eigenvalue weighted by atomic mass is 32.2. The summed E-state index contributed by atoms with van der Waals surface area (Å²) in [6.45, 7) is 2.95. The van der Waals surface area contributed by atoms with Crippen molar-refractivity contribution in [2.45, 2.75) is 31.7 Å². The summed E-state index contributed by atoms with van der Waals surface area (Å²) in [6, 6.07) is 25.6. The Hall–Kier alpha value is -3.09. The Balaban J connectivity index is 1.46. The number of hydrogen-bond donors (Lipinski definition) is 1. The van der Waals surface area contributed by atoms with Gasteiger partial charge in [-0.3, -0.25) is 14.4 Å². The van der Waals surface area contributed by atoms with Gasteiger partial charge in [-0.05, 0) is 34.7 Å². The van der Waals surface area contributed by atoms with Crippen LogP contribution in [-0.2, 0) is 22.7 Å². The van der Waals surface area contributed by atoms with Crippen LogP contribution in [0.15, 0.2) is 78.9 Å². The number of nitrogens with one attached hydrogen (secondary N) is 1. The van der Waals surface area contributed by atoms with E-state index in [-0.39, 0.29) is 18.4 Å². The van der Waals surface area contributed by atoms with E-state index in [9.17, 15) is 9.59 Å². The molecule has 1 aliphatic rings. The largest absolute Gasteiger partial charge is 0.317 e. The smallest absolute Gasteiger partial charge is 0.276 e. The zero-order valence-electron chi connectivity index (χ0n) is 18.7. The third kappa shape index (κ3) is 5.64. The van der Waals surface area contributed by atoms with Crippen LogP contribution in [0.5, 0.6) is 0 Å². The van der Waals surface area contributed by atoms with E-state index in [1.54, 1.807) is 4.90 Å². The van der Waals surface area contributed by atoms with Crippen LogP contribution in [-0.4, -0.2) is 34.4 Å². The van der Waals surface area contributed by atoms with Crippen LogP contribution in [0.4, 0.5) is 0 Å². The fourth-order valence-electron chi connectivity index (χ4n) is 3.93. The molecule has 1 atom stereocenters. The summed E-state index contributed by atoms with van der Waals surface area (Å²) in [5.74, 6) is 0.246. The van der Waals surface area contributed by atoms with Crippen molar-refractivity contribution in [3.63, 3.8) is 0 Å². The van der Waals surface area contributed by atoms with Gasteiger partial charge >= 0.3 is 0 Å². The lowest BCUT2D eigenvalue weighted by atomic mass is 9.97. The Kier molecular flexibility index (Phi) is 7.81. The number of carbonyl (C=O) groups is 2. The molecule has 1 saturated heterocycles. The van der Waals surface area contributed by atoms with Gasteiger partial charge in [-0.1, -0.05) is 86.1 Å². The van der Waals surface area contributed by atoms with Gasteiger partial charge in [-0.25, -0.2) is 5.48 Å². The number of thioether (sulfide) groups is 1. The molecule has 0 bridgehead atoms. The summed E-state index contributed by atoms with van der Waals surface area (Å²) in [5, 5.41) is -0.617. The first kappa shape index (κ1) is 23.1. The highest BCUT2D eigenvalue weighted by Crippen LogP contribution is 2.30. The Labute approximate surface area is 199 Å². The molecule has 1 fully saturated rings. The van der Waals surface area contributed by atoms with Gasteiger partial charge < -0.3 is 4.90 Å². The number of hydroxylamine groups is 1. The second-order valence-electron chi connectivity index (χ2n) is 7.95. The first-order valence-corrected chi connectivity index (χ1v) is 12.3. The van der Waals surface area contributed by atoms with Crippen LogP contribution < -0.4 is 5.48 Å². The summed E-state index contributed by atoms with van der Waals surface area (Å²) < 4.78 is 0. The number of aryl methyl sites for hydroxylation is 1. The second-order valence-corrected chi connectivity index (χ2v) is 9.14. The highest BCUT2D eigenvalue weighted by molar-refractivity contribution is 8.00. The van der Waals surface area contributed by atoms with Crippen molar-refractivity contribution in [1.82, 2.24) is 10.4 Å². The lowest BCUT2D eigenvalue weighted by Crippen LogP contribution is -2.44. The van der Waals surface area contributed by atoms with Crippen LogP contribution in [0.3, 0.4) is 0 Å². The molecular formula is C27H28N2O3S. The van der Waals surface area contributed by atoms with E-state index in [0.29, 0.717) is 17.9 Å². The van der Waals surface area contributed by atoms with E-state index in [2.05, 4.69) is 36.7 Å². The van der Waals surface area contributed by atoms with Crippen LogP contribution in [0.25, 0.3) is 11.1 Å². The Morgan fingerprint density at radius 1 is 0.970 bits per heavy atom. The van der Waals surface area contributed by atoms with Gasteiger partial charge in [0.1, 0.15) is 0 Å². The van der Waals surface area contributed by atoms with Crippen molar-refractivity contribution in [3.05, 3.63) is 95.6 Å². The lowest BCUT2D eigenvalue weighted by molar-refractivity contribution is -0.136. The molecule has 6 heteroatoms. The molecule has 0 aliphatic carbocycles. The lowest BCUT2D eigenvalue weighted by Gasteiger charge is -2.24. The molecule has 33 heavy (non-hydrogen) atoms. The zero-order valence-corrected chi connectivity index (χ0v) is 19.5. The first-order valence-electron chi connectivity index (χ1n) is 11.2. The third-order valence-electron chi connectivity index (χ3n) is 5.59. The molecule has 0 saturated carbocycles. The number of nitrogens with zero attached hydrogens (tertiary/aromatic N) is 1. The van der Waals surface area contributed by atoms with E-state index in [1.165, 1.54) is 17.3 Å². The van der Waals surface area contributed by atoms with E-state index in [4.69, 9.17) is 4.84 Å². The van der Waals surface area contributed by atoms with Crippen molar-refractivity contribution < 1.29 is 14.4 Å². The fraction of sp³-hybridized carbons (Fsp3) is 0.259. The SMILES string of the molecule is CCCc1ccc(-c2ccccc2C(=O)N2CCSC2C(=O)NOCc2ccccc2)cc1. The molecule has 0 aromatic heterocycles. The highest BCUT2D eigenvalue weighted by Gasteiger charge is 2.36. The predicted octanol–water partition coefficient (Wildman–Crippen LogP) is 5.07. The summed E-state index contributed by atoms with van der Waals surface area (Å²) in [4.78, 5) is 33.3. The van der Waals surface area contributed by atoms with Crippen molar-refractivity contribution in [2.24, 2.45) is 0 Å². The van der Waals surface area contributed by atoms with Crippen molar-refractivity contribution in [2.75, 3.05) is 12.3 Å². The van der Waals surface area contributed by atoms with Crippen molar-refractivity contribution in [1.29, 1.82) is 0 Å². The molecule has 1 aliphatic heterocycles. The predicted molar refractivity (Wildman–Crippen MR) is 133 cm³/mol. The van der Waals surface area contributed by atoms with Gasteiger partial charge in [0.2, 0.25) is 0 Å². The Morgan fingerprint density at radius 2 is 1.70 bits per heavy atom. The maximum atomic E-state index is 13.5. The van der Waals surface area contributed by atoms with E-state index >= 15 is 0 Å². The standard InChI is InChI=1S/C27H28N2O3S/c1-2-8-20-13-15-22(16-14-20)23-11-6-7-12-24(23)26(31)29-17-18-33-27(29)25(30)28-32-19-21-9-4-3-5-10-21/h3-7,9-16,27H,2,8,17-19H2,1H3,(H,28,30). The maximum absolute atomic E-state index is 13.5. The molecule has 1 unspecified atom stereocenters. The minimum atomic E-state index is -0.617. The molecular weight excluding hydrogens is 432 g/mol. The normalized spacial score (nSPS) is 15.4. The quantitative estimate of drug-likeness (QED) is 0.477. The molecule has 4 rings (SSSR count). The molecule has 5 nitrogen and oxygen atoms in total. The van der Waals surface area contributed by atoms with Crippen LogP contribution in [0.1, 0.15) is 34.8 Å². The topological polar surface area (TPSA) is 58.6 Å². The molecule has 1 N–H and O–H groups in total.